The molecular formula is C12H11Cl2N3O2. The summed E-state index contributed by atoms with van der Waals surface area (Å²) in [7, 11) is 0. The zero-order valence-corrected chi connectivity index (χ0v) is 11.8. The number of benzene rings is 1. The lowest BCUT2D eigenvalue weighted by Crippen LogP contribution is -2.05. The van der Waals surface area contributed by atoms with Gasteiger partial charge in [-0.15, -0.1) is 5.10 Å². The van der Waals surface area contributed by atoms with Gasteiger partial charge in [0.1, 0.15) is 5.82 Å². The van der Waals surface area contributed by atoms with Crippen LogP contribution in [0.2, 0.25) is 10.0 Å². The van der Waals surface area contributed by atoms with E-state index in [0.717, 1.165) is 0 Å². The third kappa shape index (κ3) is 2.57. The molecule has 19 heavy (non-hydrogen) atoms. The number of nitrogens with zero attached hydrogens (tertiary/aromatic N) is 3. The van der Waals surface area contributed by atoms with Gasteiger partial charge in [0.25, 0.3) is 5.82 Å². The van der Waals surface area contributed by atoms with Crippen molar-refractivity contribution in [3.63, 3.8) is 0 Å². The first kappa shape index (κ1) is 13.8. The highest BCUT2D eigenvalue weighted by Gasteiger charge is 2.20. The normalized spacial score (nSPS) is 11.0. The van der Waals surface area contributed by atoms with Gasteiger partial charge in [0.15, 0.2) is 0 Å². The molecule has 0 saturated heterocycles. The van der Waals surface area contributed by atoms with E-state index in [0.29, 0.717) is 21.6 Å². The SMILES string of the molecule is CC(C)c1nc(C(=O)O)nn1-c1cccc(Cl)c1Cl. The van der Waals surface area contributed by atoms with E-state index in [9.17, 15) is 4.79 Å². The van der Waals surface area contributed by atoms with Crippen LogP contribution in [0.4, 0.5) is 0 Å². The van der Waals surface area contributed by atoms with Crippen molar-refractivity contribution in [2.45, 2.75) is 19.8 Å². The van der Waals surface area contributed by atoms with Gasteiger partial charge in [-0.3, -0.25) is 0 Å². The summed E-state index contributed by atoms with van der Waals surface area (Å²) in [5, 5.41) is 13.6. The minimum absolute atomic E-state index is 0.00403. The minimum Gasteiger partial charge on any atom is -0.475 e. The summed E-state index contributed by atoms with van der Waals surface area (Å²) in [6.45, 7) is 3.79. The molecule has 0 aliphatic carbocycles. The molecule has 0 amide bonds. The first-order chi connectivity index (χ1) is 8.91. The molecule has 0 radical (unpaired) electrons. The Hall–Kier alpha value is -1.59. The minimum atomic E-state index is -1.18. The van der Waals surface area contributed by atoms with E-state index >= 15 is 0 Å². The molecule has 1 aromatic carbocycles. The van der Waals surface area contributed by atoms with Gasteiger partial charge in [-0.2, -0.15) is 0 Å². The van der Waals surface area contributed by atoms with E-state index in [-0.39, 0.29) is 11.7 Å². The van der Waals surface area contributed by atoms with Crippen molar-refractivity contribution in [2.75, 3.05) is 0 Å². The van der Waals surface area contributed by atoms with Gasteiger partial charge in [-0.05, 0) is 12.1 Å². The predicted molar refractivity (Wildman–Crippen MR) is 72.4 cm³/mol. The largest absolute Gasteiger partial charge is 0.475 e. The Balaban J connectivity index is 2.67. The zero-order valence-electron chi connectivity index (χ0n) is 10.3. The summed E-state index contributed by atoms with van der Waals surface area (Å²) in [4.78, 5) is 15.0. The van der Waals surface area contributed by atoms with Gasteiger partial charge in [-0.25, -0.2) is 14.5 Å². The van der Waals surface area contributed by atoms with Crippen molar-refractivity contribution in [1.82, 2.24) is 14.8 Å². The Morgan fingerprint density at radius 1 is 1.37 bits per heavy atom. The summed E-state index contributed by atoms with van der Waals surface area (Å²) in [5.41, 5.74) is 0.512. The third-order valence-corrected chi connectivity index (χ3v) is 3.31. The van der Waals surface area contributed by atoms with Gasteiger partial charge >= 0.3 is 5.97 Å². The van der Waals surface area contributed by atoms with Crippen molar-refractivity contribution < 1.29 is 9.90 Å². The Bertz CT molecular complexity index is 638. The first-order valence-corrected chi connectivity index (χ1v) is 6.32. The van der Waals surface area contributed by atoms with Crippen LogP contribution in [-0.2, 0) is 0 Å². The third-order valence-electron chi connectivity index (χ3n) is 2.50. The molecule has 0 fully saturated rings. The molecule has 7 heteroatoms. The van der Waals surface area contributed by atoms with Crippen molar-refractivity contribution >= 4 is 29.2 Å². The van der Waals surface area contributed by atoms with Gasteiger partial charge in [0.05, 0.1) is 15.7 Å². The van der Waals surface area contributed by atoms with E-state index in [1.165, 1.54) is 4.68 Å². The molecular weight excluding hydrogens is 289 g/mol. The molecule has 0 unspecified atom stereocenters. The van der Waals surface area contributed by atoms with Crippen LogP contribution in [0.5, 0.6) is 0 Å². The summed E-state index contributed by atoms with van der Waals surface area (Å²) >= 11 is 12.1. The smallest absolute Gasteiger partial charge is 0.375 e. The molecule has 5 nitrogen and oxygen atoms in total. The van der Waals surface area contributed by atoms with E-state index < -0.39 is 5.97 Å². The van der Waals surface area contributed by atoms with E-state index in [2.05, 4.69) is 10.1 Å². The quantitative estimate of drug-likeness (QED) is 0.943. The van der Waals surface area contributed by atoms with Crippen LogP contribution in [-0.4, -0.2) is 25.8 Å². The van der Waals surface area contributed by atoms with Crippen molar-refractivity contribution in [3.05, 3.63) is 39.9 Å². The van der Waals surface area contributed by atoms with Gasteiger partial charge in [0.2, 0.25) is 0 Å². The molecule has 100 valence electrons. The molecule has 1 heterocycles. The number of carbonyl (C=O) groups is 1. The molecule has 2 aromatic rings. The molecule has 2 rings (SSSR count). The maximum atomic E-state index is 11.0. The number of hydrogen-bond donors (Lipinski definition) is 1. The van der Waals surface area contributed by atoms with Crippen LogP contribution in [0.1, 0.15) is 36.2 Å². The topological polar surface area (TPSA) is 68.0 Å². The second-order valence-corrected chi connectivity index (χ2v) is 5.02. The number of aromatic nitrogens is 3. The highest BCUT2D eigenvalue weighted by molar-refractivity contribution is 6.43. The summed E-state index contributed by atoms with van der Waals surface area (Å²) < 4.78 is 1.42. The van der Waals surface area contributed by atoms with E-state index in [4.69, 9.17) is 28.3 Å². The number of hydrogen-bond acceptors (Lipinski definition) is 3. The number of aromatic carboxylic acids is 1. The van der Waals surface area contributed by atoms with Crippen molar-refractivity contribution in [2.24, 2.45) is 0 Å². The fourth-order valence-electron chi connectivity index (χ4n) is 1.62. The highest BCUT2D eigenvalue weighted by Crippen LogP contribution is 2.29. The average molecular weight is 300 g/mol. The predicted octanol–water partition coefficient (Wildman–Crippen LogP) is 3.40. The Labute approximate surface area is 119 Å². The van der Waals surface area contributed by atoms with Crippen LogP contribution >= 0.6 is 23.2 Å². The highest BCUT2D eigenvalue weighted by atomic mass is 35.5. The maximum Gasteiger partial charge on any atom is 0.375 e. The van der Waals surface area contributed by atoms with E-state index in [1.54, 1.807) is 18.2 Å². The Kier molecular flexibility index (Phi) is 3.78. The van der Waals surface area contributed by atoms with Crippen LogP contribution in [0.3, 0.4) is 0 Å². The number of rotatable bonds is 3. The lowest BCUT2D eigenvalue weighted by Gasteiger charge is -2.10. The molecule has 0 bridgehead atoms. The Morgan fingerprint density at radius 2 is 2.05 bits per heavy atom. The fraction of sp³-hybridized carbons (Fsp3) is 0.250. The molecule has 0 aliphatic heterocycles. The summed E-state index contributed by atoms with van der Waals surface area (Å²) in [6, 6.07) is 5.08. The monoisotopic (exact) mass is 299 g/mol. The lowest BCUT2D eigenvalue weighted by atomic mass is 10.2. The molecule has 0 spiro atoms. The molecule has 0 aliphatic rings. The summed E-state index contributed by atoms with van der Waals surface area (Å²) in [5.74, 6) is -0.934. The van der Waals surface area contributed by atoms with Crippen LogP contribution in [0, 0.1) is 0 Å². The molecule has 0 atom stereocenters. The molecule has 0 saturated carbocycles. The maximum absolute atomic E-state index is 11.0. The van der Waals surface area contributed by atoms with E-state index in [1.807, 2.05) is 13.8 Å². The number of halogens is 2. The summed E-state index contributed by atoms with van der Waals surface area (Å²) in [6.07, 6.45) is 0. The number of carboxylic acids is 1. The van der Waals surface area contributed by atoms with Crippen molar-refractivity contribution in [1.29, 1.82) is 0 Å². The van der Waals surface area contributed by atoms with Crippen LogP contribution in [0.15, 0.2) is 18.2 Å². The van der Waals surface area contributed by atoms with Crippen LogP contribution in [0.25, 0.3) is 5.69 Å². The van der Waals surface area contributed by atoms with Crippen molar-refractivity contribution in [3.8, 4) is 5.69 Å². The molecule has 1 aromatic heterocycles. The number of carboxylic acid groups (broad SMARTS) is 1. The molecule has 1 N–H and O–H groups in total. The Morgan fingerprint density at radius 3 is 2.63 bits per heavy atom. The zero-order chi connectivity index (χ0) is 14.2. The second kappa shape index (κ2) is 5.19. The van der Waals surface area contributed by atoms with Gasteiger partial charge in [-0.1, -0.05) is 43.1 Å². The van der Waals surface area contributed by atoms with Gasteiger partial charge < -0.3 is 5.11 Å². The van der Waals surface area contributed by atoms with Crippen LogP contribution < -0.4 is 0 Å². The fourth-order valence-corrected chi connectivity index (χ4v) is 2.00. The van der Waals surface area contributed by atoms with Gasteiger partial charge in [0, 0.05) is 5.92 Å². The standard InChI is InChI=1S/C12H11Cl2N3O2/c1-6(2)11-15-10(12(18)19)16-17(11)8-5-3-4-7(13)9(8)14/h3-6H,1-2H3,(H,18,19). The lowest BCUT2D eigenvalue weighted by molar-refractivity contribution is 0.0683. The second-order valence-electron chi connectivity index (χ2n) is 4.24. The first-order valence-electron chi connectivity index (χ1n) is 5.56. The average Bonchev–Trinajstić information content (AvgIpc) is 2.77.